The van der Waals surface area contributed by atoms with Gasteiger partial charge >= 0.3 is 0 Å². The fraction of sp³-hybridized carbons (Fsp3) is 0.333. The Hall–Kier alpha value is -2.62. The molecular formula is C21H24N2O2. The van der Waals surface area contributed by atoms with E-state index >= 15 is 0 Å². The third kappa shape index (κ3) is 4.27. The van der Waals surface area contributed by atoms with E-state index in [0.717, 1.165) is 30.5 Å². The number of carbonyl (C=O) groups is 2. The van der Waals surface area contributed by atoms with Crippen molar-refractivity contribution in [2.75, 3.05) is 6.54 Å². The van der Waals surface area contributed by atoms with Crippen LogP contribution in [0.3, 0.4) is 0 Å². The summed E-state index contributed by atoms with van der Waals surface area (Å²) in [5, 5.41) is 3.10. The topological polar surface area (TPSA) is 49.4 Å². The van der Waals surface area contributed by atoms with Crippen LogP contribution in [0.5, 0.6) is 0 Å². The number of nitrogens with one attached hydrogen (secondary N) is 1. The minimum absolute atomic E-state index is 0.00981. The average Bonchev–Trinajstić information content (AvgIpc) is 3.05. The van der Waals surface area contributed by atoms with Crippen molar-refractivity contribution in [3.05, 3.63) is 71.3 Å². The van der Waals surface area contributed by atoms with Crippen LogP contribution in [0.15, 0.2) is 54.6 Å². The molecule has 1 aliphatic heterocycles. The maximum atomic E-state index is 12.5. The summed E-state index contributed by atoms with van der Waals surface area (Å²) >= 11 is 0. The van der Waals surface area contributed by atoms with Crippen molar-refractivity contribution in [1.82, 2.24) is 10.2 Å². The zero-order valence-electron chi connectivity index (χ0n) is 14.6. The van der Waals surface area contributed by atoms with E-state index in [1.54, 1.807) is 0 Å². The molecule has 130 valence electrons. The van der Waals surface area contributed by atoms with Gasteiger partial charge < -0.3 is 10.2 Å². The Labute approximate surface area is 148 Å². The molecule has 0 radical (unpaired) electrons. The first-order valence-corrected chi connectivity index (χ1v) is 8.90. The summed E-state index contributed by atoms with van der Waals surface area (Å²) in [6.45, 7) is 3.52. The second-order valence-corrected chi connectivity index (χ2v) is 6.46. The van der Waals surface area contributed by atoms with Crippen LogP contribution >= 0.6 is 0 Å². The maximum Gasteiger partial charge on any atom is 0.251 e. The highest BCUT2D eigenvalue weighted by atomic mass is 16.2. The highest BCUT2D eigenvalue weighted by Gasteiger charge is 2.20. The van der Waals surface area contributed by atoms with Crippen LogP contribution < -0.4 is 5.32 Å². The molecule has 4 nitrogen and oxygen atoms in total. The molecule has 4 heteroatoms. The standard InChI is InChI=1S/C21H24N2O2/c1-2-19(17-7-4-3-5-8-17)22-21(25)18-12-10-16(11-13-18)15-23-14-6-9-20(23)24/h3-5,7-8,10-13,19H,2,6,9,14-15H2,1H3,(H,22,25)/t19-/m1/s1. The highest BCUT2D eigenvalue weighted by molar-refractivity contribution is 5.94. The number of hydrogen-bond donors (Lipinski definition) is 1. The van der Waals surface area contributed by atoms with Crippen molar-refractivity contribution < 1.29 is 9.59 Å². The average molecular weight is 336 g/mol. The van der Waals surface area contributed by atoms with Crippen molar-refractivity contribution >= 4 is 11.8 Å². The first-order chi connectivity index (χ1) is 12.2. The first-order valence-electron chi connectivity index (χ1n) is 8.90. The van der Waals surface area contributed by atoms with Gasteiger partial charge in [0.05, 0.1) is 6.04 Å². The lowest BCUT2D eigenvalue weighted by Crippen LogP contribution is -2.28. The van der Waals surface area contributed by atoms with Gasteiger partial charge in [0.25, 0.3) is 5.91 Å². The molecule has 0 unspecified atom stereocenters. The van der Waals surface area contributed by atoms with E-state index in [4.69, 9.17) is 0 Å². The fourth-order valence-electron chi connectivity index (χ4n) is 3.20. The fourth-order valence-corrected chi connectivity index (χ4v) is 3.20. The van der Waals surface area contributed by atoms with Gasteiger partial charge in [0.2, 0.25) is 5.91 Å². The summed E-state index contributed by atoms with van der Waals surface area (Å²) in [5.74, 6) is 0.148. The summed E-state index contributed by atoms with van der Waals surface area (Å²) in [7, 11) is 0. The number of nitrogens with zero attached hydrogens (tertiary/aromatic N) is 1. The molecule has 1 N–H and O–H groups in total. The van der Waals surface area contributed by atoms with Crippen LogP contribution in [0.1, 0.15) is 53.7 Å². The van der Waals surface area contributed by atoms with E-state index in [0.29, 0.717) is 18.5 Å². The second-order valence-electron chi connectivity index (χ2n) is 6.46. The molecule has 0 aliphatic carbocycles. The van der Waals surface area contributed by atoms with Gasteiger partial charge in [-0.25, -0.2) is 0 Å². The molecule has 1 aliphatic rings. The van der Waals surface area contributed by atoms with Crippen LogP contribution in [-0.4, -0.2) is 23.3 Å². The van der Waals surface area contributed by atoms with Crippen LogP contribution in [0.2, 0.25) is 0 Å². The third-order valence-electron chi connectivity index (χ3n) is 4.68. The molecule has 0 bridgehead atoms. The molecule has 3 rings (SSSR count). The summed E-state index contributed by atoms with van der Waals surface area (Å²) < 4.78 is 0. The zero-order chi connectivity index (χ0) is 17.6. The lowest BCUT2D eigenvalue weighted by molar-refractivity contribution is -0.128. The third-order valence-corrected chi connectivity index (χ3v) is 4.68. The lowest BCUT2D eigenvalue weighted by Gasteiger charge is -2.18. The normalized spacial score (nSPS) is 15.2. The predicted molar refractivity (Wildman–Crippen MR) is 98.0 cm³/mol. The molecule has 2 amide bonds. The van der Waals surface area contributed by atoms with E-state index in [1.165, 1.54) is 0 Å². The molecule has 1 fully saturated rings. The van der Waals surface area contributed by atoms with Gasteiger partial charge in [-0.05, 0) is 36.1 Å². The van der Waals surface area contributed by atoms with Crippen molar-refractivity contribution in [2.45, 2.75) is 38.8 Å². The van der Waals surface area contributed by atoms with Gasteiger partial charge in [-0.2, -0.15) is 0 Å². The molecule has 1 heterocycles. The number of benzene rings is 2. The Balaban J connectivity index is 1.63. The van der Waals surface area contributed by atoms with Crippen LogP contribution in [0.25, 0.3) is 0 Å². The highest BCUT2D eigenvalue weighted by Crippen LogP contribution is 2.18. The Morgan fingerprint density at radius 1 is 1.12 bits per heavy atom. The monoisotopic (exact) mass is 336 g/mol. The summed E-state index contributed by atoms with van der Waals surface area (Å²) in [4.78, 5) is 26.1. The molecule has 0 saturated carbocycles. The van der Waals surface area contributed by atoms with Crippen LogP contribution in [0.4, 0.5) is 0 Å². The Bertz CT molecular complexity index is 725. The number of carbonyl (C=O) groups excluding carboxylic acids is 2. The zero-order valence-corrected chi connectivity index (χ0v) is 14.6. The molecular weight excluding hydrogens is 312 g/mol. The summed E-state index contributed by atoms with van der Waals surface area (Å²) in [5.41, 5.74) is 2.82. The van der Waals surface area contributed by atoms with Crippen molar-refractivity contribution in [2.24, 2.45) is 0 Å². The number of rotatable bonds is 6. The molecule has 25 heavy (non-hydrogen) atoms. The summed E-state index contributed by atoms with van der Waals surface area (Å²) in [6.07, 6.45) is 2.43. The largest absolute Gasteiger partial charge is 0.345 e. The van der Waals surface area contributed by atoms with E-state index in [1.807, 2.05) is 59.5 Å². The molecule has 1 atom stereocenters. The molecule has 2 aromatic rings. The first kappa shape index (κ1) is 17.2. The van der Waals surface area contributed by atoms with Crippen molar-refractivity contribution in [3.63, 3.8) is 0 Å². The molecule has 0 spiro atoms. The van der Waals surface area contributed by atoms with Gasteiger partial charge in [0.15, 0.2) is 0 Å². The SMILES string of the molecule is CC[C@@H](NC(=O)c1ccc(CN2CCCC2=O)cc1)c1ccccc1. The summed E-state index contributed by atoms with van der Waals surface area (Å²) in [6, 6.07) is 17.6. The smallest absolute Gasteiger partial charge is 0.251 e. The van der Waals surface area contributed by atoms with E-state index in [2.05, 4.69) is 12.2 Å². The number of amides is 2. The lowest BCUT2D eigenvalue weighted by atomic mass is 10.0. The van der Waals surface area contributed by atoms with Crippen molar-refractivity contribution in [1.29, 1.82) is 0 Å². The van der Waals surface area contributed by atoms with Crippen LogP contribution in [0, 0.1) is 0 Å². The Morgan fingerprint density at radius 3 is 2.44 bits per heavy atom. The van der Waals surface area contributed by atoms with Gasteiger partial charge in [-0.15, -0.1) is 0 Å². The van der Waals surface area contributed by atoms with E-state index < -0.39 is 0 Å². The Morgan fingerprint density at radius 2 is 1.84 bits per heavy atom. The minimum Gasteiger partial charge on any atom is -0.345 e. The molecule has 2 aromatic carbocycles. The minimum atomic E-state index is -0.0699. The molecule has 1 saturated heterocycles. The van der Waals surface area contributed by atoms with Gasteiger partial charge in [0.1, 0.15) is 0 Å². The van der Waals surface area contributed by atoms with Gasteiger partial charge in [-0.1, -0.05) is 49.4 Å². The Kier molecular flexibility index (Phi) is 5.49. The van der Waals surface area contributed by atoms with Crippen LogP contribution in [-0.2, 0) is 11.3 Å². The molecule has 0 aromatic heterocycles. The van der Waals surface area contributed by atoms with E-state index in [9.17, 15) is 9.59 Å². The van der Waals surface area contributed by atoms with Crippen molar-refractivity contribution in [3.8, 4) is 0 Å². The number of likely N-dealkylation sites (tertiary alicyclic amines) is 1. The van der Waals surface area contributed by atoms with Gasteiger partial charge in [-0.3, -0.25) is 9.59 Å². The van der Waals surface area contributed by atoms with E-state index in [-0.39, 0.29) is 17.9 Å². The predicted octanol–water partition coefficient (Wildman–Crippen LogP) is 3.69. The maximum absolute atomic E-state index is 12.5. The number of hydrogen-bond acceptors (Lipinski definition) is 2. The second kappa shape index (κ2) is 7.97. The van der Waals surface area contributed by atoms with Gasteiger partial charge in [0, 0.05) is 25.1 Å². The quantitative estimate of drug-likeness (QED) is 0.874.